The number of hydrogen-bond acceptors (Lipinski definition) is 5. The Labute approximate surface area is 199 Å². The van der Waals surface area contributed by atoms with Crippen LogP contribution in [0.3, 0.4) is 0 Å². The van der Waals surface area contributed by atoms with Crippen LogP contribution >= 0.6 is 0 Å². The molecule has 6 nitrogen and oxygen atoms in total. The van der Waals surface area contributed by atoms with Crippen molar-refractivity contribution in [1.82, 2.24) is 0 Å². The molecule has 1 aliphatic rings. The first-order chi connectivity index (χ1) is 16.3. The summed E-state index contributed by atoms with van der Waals surface area (Å²) >= 11 is 0. The zero-order chi connectivity index (χ0) is 24.4. The maximum Gasteiger partial charge on any atom is 0.282 e. The van der Waals surface area contributed by atoms with Crippen molar-refractivity contribution in [3.63, 3.8) is 0 Å². The Morgan fingerprint density at radius 2 is 1.68 bits per heavy atom. The van der Waals surface area contributed by atoms with Gasteiger partial charge in [0.15, 0.2) is 0 Å². The van der Waals surface area contributed by atoms with E-state index in [0.29, 0.717) is 40.6 Å². The molecule has 3 aromatic carbocycles. The SMILES string of the molecule is CCOc1cccc(N2C(=O)C(Nc3cc(C)ccc3OC)=C(c3ccc(C)c(C)c3)C2=O)c1. The van der Waals surface area contributed by atoms with Gasteiger partial charge < -0.3 is 14.8 Å². The van der Waals surface area contributed by atoms with Crippen LogP contribution in [0.15, 0.2) is 66.4 Å². The predicted molar refractivity (Wildman–Crippen MR) is 134 cm³/mol. The first kappa shape index (κ1) is 23.1. The molecule has 0 fully saturated rings. The molecule has 4 rings (SSSR count). The van der Waals surface area contributed by atoms with Crippen LogP contribution in [0, 0.1) is 20.8 Å². The van der Waals surface area contributed by atoms with Crippen LogP contribution in [0.4, 0.5) is 11.4 Å². The monoisotopic (exact) mass is 456 g/mol. The van der Waals surface area contributed by atoms with Gasteiger partial charge in [-0.2, -0.15) is 0 Å². The van der Waals surface area contributed by atoms with E-state index in [1.54, 1.807) is 31.4 Å². The van der Waals surface area contributed by atoms with E-state index in [-0.39, 0.29) is 5.70 Å². The number of nitrogens with zero attached hydrogens (tertiary/aromatic N) is 1. The summed E-state index contributed by atoms with van der Waals surface area (Å²) in [4.78, 5) is 28.6. The molecule has 174 valence electrons. The number of imide groups is 1. The van der Waals surface area contributed by atoms with Gasteiger partial charge in [-0.05, 0) is 74.2 Å². The summed E-state index contributed by atoms with van der Waals surface area (Å²) in [6.45, 7) is 8.32. The minimum absolute atomic E-state index is 0.207. The number of amides is 2. The van der Waals surface area contributed by atoms with E-state index >= 15 is 0 Å². The molecule has 2 amide bonds. The number of methoxy groups -OCH3 is 1. The highest BCUT2D eigenvalue weighted by Gasteiger charge is 2.40. The number of carbonyl (C=O) groups is 2. The molecule has 0 bridgehead atoms. The summed E-state index contributed by atoms with van der Waals surface area (Å²) in [6, 6.07) is 18.4. The van der Waals surface area contributed by atoms with E-state index < -0.39 is 11.8 Å². The Balaban J connectivity index is 1.85. The maximum atomic E-state index is 13.7. The summed E-state index contributed by atoms with van der Waals surface area (Å²) in [5.41, 5.74) is 5.41. The summed E-state index contributed by atoms with van der Waals surface area (Å²) in [5.74, 6) is 0.344. The third kappa shape index (κ3) is 4.27. The van der Waals surface area contributed by atoms with Crippen LogP contribution in [0.25, 0.3) is 5.57 Å². The summed E-state index contributed by atoms with van der Waals surface area (Å²) < 4.78 is 11.1. The third-order valence-corrected chi connectivity index (χ3v) is 5.88. The lowest BCUT2D eigenvalue weighted by molar-refractivity contribution is -0.120. The van der Waals surface area contributed by atoms with Crippen molar-refractivity contribution >= 4 is 28.8 Å². The van der Waals surface area contributed by atoms with E-state index in [2.05, 4.69) is 5.32 Å². The number of carbonyl (C=O) groups excluding carboxylic acids is 2. The highest BCUT2D eigenvalue weighted by molar-refractivity contribution is 6.46. The number of rotatable bonds is 7. The highest BCUT2D eigenvalue weighted by Crippen LogP contribution is 2.37. The van der Waals surface area contributed by atoms with Crippen LogP contribution in [-0.4, -0.2) is 25.5 Å². The molecule has 0 saturated heterocycles. The van der Waals surface area contributed by atoms with Crippen molar-refractivity contribution in [2.24, 2.45) is 0 Å². The second kappa shape index (κ2) is 9.43. The van der Waals surface area contributed by atoms with E-state index in [4.69, 9.17) is 9.47 Å². The topological polar surface area (TPSA) is 67.9 Å². The first-order valence-corrected chi connectivity index (χ1v) is 11.2. The molecule has 1 heterocycles. The maximum absolute atomic E-state index is 13.7. The molecule has 6 heteroatoms. The van der Waals surface area contributed by atoms with Crippen LogP contribution in [0.1, 0.15) is 29.2 Å². The Bertz CT molecular complexity index is 1310. The van der Waals surface area contributed by atoms with E-state index in [9.17, 15) is 9.59 Å². The van der Waals surface area contributed by atoms with Gasteiger partial charge >= 0.3 is 0 Å². The molecule has 0 aromatic heterocycles. The van der Waals surface area contributed by atoms with Gasteiger partial charge in [-0.25, -0.2) is 4.90 Å². The fourth-order valence-electron chi connectivity index (χ4n) is 3.98. The normalized spacial score (nSPS) is 13.5. The fourth-order valence-corrected chi connectivity index (χ4v) is 3.98. The largest absolute Gasteiger partial charge is 0.495 e. The Hall–Kier alpha value is -4.06. The van der Waals surface area contributed by atoms with Crippen LogP contribution in [-0.2, 0) is 9.59 Å². The highest BCUT2D eigenvalue weighted by atomic mass is 16.5. The predicted octanol–water partition coefficient (Wildman–Crippen LogP) is 5.42. The van der Waals surface area contributed by atoms with Crippen molar-refractivity contribution < 1.29 is 19.1 Å². The summed E-state index contributed by atoms with van der Waals surface area (Å²) in [7, 11) is 1.57. The van der Waals surface area contributed by atoms with E-state index in [0.717, 1.165) is 16.7 Å². The molecular formula is C28H28N2O4. The molecule has 1 N–H and O–H groups in total. The lowest BCUT2D eigenvalue weighted by Gasteiger charge is -2.17. The van der Waals surface area contributed by atoms with Crippen molar-refractivity contribution in [3.05, 3.63) is 88.6 Å². The average Bonchev–Trinajstić information content (AvgIpc) is 3.05. The summed E-state index contributed by atoms with van der Waals surface area (Å²) in [5, 5.41) is 3.21. The number of aryl methyl sites for hydroxylation is 3. The number of anilines is 2. The van der Waals surface area contributed by atoms with Crippen LogP contribution in [0.5, 0.6) is 11.5 Å². The van der Waals surface area contributed by atoms with E-state index in [1.807, 2.05) is 64.1 Å². The van der Waals surface area contributed by atoms with Crippen molar-refractivity contribution in [3.8, 4) is 11.5 Å². The first-order valence-electron chi connectivity index (χ1n) is 11.2. The molecule has 0 aliphatic carbocycles. The number of benzene rings is 3. The molecule has 1 aliphatic heterocycles. The fraction of sp³-hybridized carbons (Fsp3) is 0.214. The lowest BCUT2D eigenvalue weighted by atomic mass is 9.99. The van der Waals surface area contributed by atoms with Gasteiger partial charge in [0.25, 0.3) is 11.8 Å². The lowest BCUT2D eigenvalue weighted by Crippen LogP contribution is -2.32. The molecule has 0 atom stereocenters. The Kier molecular flexibility index (Phi) is 6.41. The van der Waals surface area contributed by atoms with Gasteiger partial charge in [-0.15, -0.1) is 0 Å². The van der Waals surface area contributed by atoms with Gasteiger partial charge in [0.2, 0.25) is 0 Å². The van der Waals surface area contributed by atoms with Gasteiger partial charge in [0.1, 0.15) is 17.2 Å². The van der Waals surface area contributed by atoms with Gasteiger partial charge in [0.05, 0.1) is 30.7 Å². The zero-order valence-corrected chi connectivity index (χ0v) is 20.1. The van der Waals surface area contributed by atoms with E-state index in [1.165, 1.54) is 4.90 Å². The third-order valence-electron chi connectivity index (χ3n) is 5.88. The molecule has 0 unspecified atom stereocenters. The Morgan fingerprint density at radius 1 is 0.882 bits per heavy atom. The quantitative estimate of drug-likeness (QED) is 0.481. The van der Waals surface area contributed by atoms with Gasteiger partial charge in [0, 0.05) is 6.07 Å². The van der Waals surface area contributed by atoms with Gasteiger partial charge in [-0.3, -0.25) is 9.59 Å². The molecule has 0 spiro atoms. The second-order valence-corrected chi connectivity index (χ2v) is 8.25. The zero-order valence-electron chi connectivity index (χ0n) is 20.1. The molecule has 0 saturated carbocycles. The molecular weight excluding hydrogens is 428 g/mol. The molecule has 34 heavy (non-hydrogen) atoms. The smallest absolute Gasteiger partial charge is 0.282 e. The van der Waals surface area contributed by atoms with Gasteiger partial charge in [-0.1, -0.05) is 30.3 Å². The van der Waals surface area contributed by atoms with Crippen molar-refractivity contribution in [1.29, 1.82) is 0 Å². The Morgan fingerprint density at radius 3 is 2.38 bits per heavy atom. The number of nitrogens with one attached hydrogen (secondary N) is 1. The molecule has 0 radical (unpaired) electrons. The standard InChI is InChI=1S/C28H28N2O4/c1-6-34-22-9-7-8-21(16-22)30-27(31)25(20-12-11-18(3)19(4)15-20)26(28(30)32)29-23-14-17(2)10-13-24(23)33-5/h7-16,29H,6H2,1-5H3. The number of ether oxygens (including phenoxy) is 2. The minimum Gasteiger partial charge on any atom is -0.495 e. The van der Waals surface area contributed by atoms with Crippen molar-refractivity contribution in [2.45, 2.75) is 27.7 Å². The minimum atomic E-state index is -0.435. The summed E-state index contributed by atoms with van der Waals surface area (Å²) in [6.07, 6.45) is 0. The van der Waals surface area contributed by atoms with Crippen molar-refractivity contribution in [2.75, 3.05) is 23.9 Å². The molecule has 3 aromatic rings. The number of hydrogen-bond donors (Lipinski definition) is 1. The van der Waals surface area contributed by atoms with Crippen LogP contribution < -0.4 is 19.7 Å². The average molecular weight is 457 g/mol. The second-order valence-electron chi connectivity index (χ2n) is 8.25. The van der Waals surface area contributed by atoms with Crippen LogP contribution in [0.2, 0.25) is 0 Å².